The van der Waals surface area contributed by atoms with Crippen LogP contribution in [0.15, 0.2) is 36.4 Å². The summed E-state index contributed by atoms with van der Waals surface area (Å²) in [5.41, 5.74) is 0.859. The molecule has 0 saturated heterocycles. The van der Waals surface area contributed by atoms with Gasteiger partial charge in [0.05, 0.1) is 19.1 Å². The van der Waals surface area contributed by atoms with Crippen LogP contribution in [0.2, 0.25) is 0 Å². The van der Waals surface area contributed by atoms with E-state index in [-0.39, 0.29) is 11.4 Å². The summed E-state index contributed by atoms with van der Waals surface area (Å²) in [7, 11) is 3.00. The Balaban J connectivity index is 2.45. The highest BCUT2D eigenvalue weighted by atomic mass is 16.6. The normalized spacial score (nSPS) is 10.0. The molecule has 6 heteroatoms. The van der Waals surface area contributed by atoms with Gasteiger partial charge in [0.2, 0.25) is 5.75 Å². The Bertz CT molecular complexity index is 669. The minimum Gasteiger partial charge on any atom is -0.497 e. The molecule has 2 aromatic carbocycles. The van der Waals surface area contributed by atoms with Crippen LogP contribution in [0.1, 0.15) is 5.56 Å². The molecule has 21 heavy (non-hydrogen) atoms. The zero-order valence-electron chi connectivity index (χ0n) is 12.0. The molecule has 0 radical (unpaired) electrons. The molecule has 0 amide bonds. The summed E-state index contributed by atoms with van der Waals surface area (Å²) in [6.07, 6.45) is 0. The third-order valence-corrected chi connectivity index (χ3v) is 2.90. The second-order valence-corrected chi connectivity index (χ2v) is 4.35. The van der Waals surface area contributed by atoms with Crippen molar-refractivity contribution in [3.63, 3.8) is 0 Å². The van der Waals surface area contributed by atoms with Crippen molar-refractivity contribution in [3.8, 4) is 23.0 Å². The molecule has 2 rings (SSSR count). The third kappa shape index (κ3) is 3.22. The average Bonchev–Trinajstić information content (AvgIpc) is 2.48. The van der Waals surface area contributed by atoms with Crippen LogP contribution in [-0.2, 0) is 0 Å². The molecule has 2 aromatic rings. The van der Waals surface area contributed by atoms with E-state index in [0.29, 0.717) is 17.2 Å². The van der Waals surface area contributed by atoms with E-state index in [9.17, 15) is 10.1 Å². The van der Waals surface area contributed by atoms with Crippen molar-refractivity contribution >= 4 is 5.69 Å². The lowest BCUT2D eigenvalue weighted by Crippen LogP contribution is -1.96. The largest absolute Gasteiger partial charge is 0.497 e. The van der Waals surface area contributed by atoms with Crippen molar-refractivity contribution in [1.82, 2.24) is 0 Å². The molecule has 0 fully saturated rings. The molecule has 0 bridgehead atoms. The predicted molar refractivity (Wildman–Crippen MR) is 77.5 cm³/mol. The van der Waals surface area contributed by atoms with Gasteiger partial charge in [-0.2, -0.15) is 0 Å². The first kappa shape index (κ1) is 14.6. The van der Waals surface area contributed by atoms with Gasteiger partial charge in [-0.15, -0.1) is 0 Å². The second kappa shape index (κ2) is 6.13. The minimum absolute atomic E-state index is 0.0986. The van der Waals surface area contributed by atoms with E-state index in [1.807, 2.05) is 13.0 Å². The lowest BCUT2D eigenvalue weighted by atomic mass is 10.2. The molecule has 0 aromatic heterocycles. The fourth-order valence-corrected chi connectivity index (χ4v) is 1.83. The summed E-state index contributed by atoms with van der Waals surface area (Å²) in [6.45, 7) is 1.92. The quantitative estimate of drug-likeness (QED) is 0.619. The van der Waals surface area contributed by atoms with Gasteiger partial charge >= 0.3 is 5.69 Å². The van der Waals surface area contributed by atoms with Gasteiger partial charge in [0.1, 0.15) is 5.75 Å². The Morgan fingerprint density at radius 3 is 2.33 bits per heavy atom. The van der Waals surface area contributed by atoms with Gasteiger partial charge in [0, 0.05) is 12.1 Å². The Hall–Kier alpha value is -2.76. The maximum Gasteiger partial charge on any atom is 0.311 e. The molecule has 0 aliphatic heterocycles. The lowest BCUT2D eigenvalue weighted by molar-refractivity contribution is -0.385. The van der Waals surface area contributed by atoms with Gasteiger partial charge in [0.25, 0.3) is 0 Å². The Morgan fingerprint density at radius 2 is 1.71 bits per heavy atom. The van der Waals surface area contributed by atoms with Crippen LogP contribution in [0.5, 0.6) is 23.0 Å². The summed E-state index contributed by atoms with van der Waals surface area (Å²) < 4.78 is 15.9. The van der Waals surface area contributed by atoms with Crippen molar-refractivity contribution in [1.29, 1.82) is 0 Å². The van der Waals surface area contributed by atoms with Crippen LogP contribution in [0.4, 0.5) is 5.69 Å². The van der Waals surface area contributed by atoms with Crippen LogP contribution >= 0.6 is 0 Å². The number of nitro benzene ring substituents is 1. The summed E-state index contributed by atoms with van der Waals surface area (Å²) in [4.78, 5) is 10.6. The molecule has 0 N–H and O–H groups in total. The maximum absolute atomic E-state index is 11.1. The Labute approximate surface area is 122 Å². The number of benzene rings is 2. The van der Waals surface area contributed by atoms with Gasteiger partial charge in [-0.05, 0) is 30.7 Å². The van der Waals surface area contributed by atoms with E-state index in [4.69, 9.17) is 14.2 Å². The smallest absolute Gasteiger partial charge is 0.311 e. The fourth-order valence-electron chi connectivity index (χ4n) is 1.83. The summed E-state index contributed by atoms with van der Waals surface area (Å²) in [5.74, 6) is 1.48. The molecule has 0 spiro atoms. The topological polar surface area (TPSA) is 70.8 Å². The van der Waals surface area contributed by atoms with E-state index in [0.717, 1.165) is 5.56 Å². The van der Waals surface area contributed by atoms with Crippen molar-refractivity contribution in [3.05, 3.63) is 52.1 Å². The highest BCUT2D eigenvalue weighted by Gasteiger charge is 2.18. The van der Waals surface area contributed by atoms with Crippen molar-refractivity contribution in [2.75, 3.05) is 14.2 Å². The van der Waals surface area contributed by atoms with Gasteiger partial charge in [0.15, 0.2) is 11.5 Å². The van der Waals surface area contributed by atoms with Crippen molar-refractivity contribution in [2.24, 2.45) is 0 Å². The molecule has 6 nitrogen and oxygen atoms in total. The average molecular weight is 289 g/mol. The number of hydrogen-bond donors (Lipinski definition) is 0. The first-order valence-corrected chi connectivity index (χ1v) is 6.20. The molecule has 0 aliphatic rings. The first-order chi connectivity index (χ1) is 10.0. The zero-order valence-corrected chi connectivity index (χ0v) is 12.0. The molecular weight excluding hydrogens is 274 g/mol. The number of rotatable bonds is 5. The van der Waals surface area contributed by atoms with Gasteiger partial charge < -0.3 is 14.2 Å². The first-order valence-electron chi connectivity index (χ1n) is 6.20. The third-order valence-electron chi connectivity index (χ3n) is 2.90. The van der Waals surface area contributed by atoms with E-state index in [1.54, 1.807) is 12.1 Å². The fraction of sp³-hybridized carbons (Fsp3) is 0.200. The highest BCUT2D eigenvalue weighted by molar-refractivity contribution is 5.54. The maximum atomic E-state index is 11.1. The number of nitrogens with zero attached hydrogens (tertiary/aromatic N) is 1. The standard InChI is InChI=1S/C15H15NO5/c1-10-4-7-13(15(8-10)20-3)21-14-9-11(19-2)5-6-12(14)16(17)18/h4-9H,1-3H3. The van der Waals surface area contributed by atoms with Crippen molar-refractivity contribution in [2.45, 2.75) is 6.92 Å². The van der Waals surface area contributed by atoms with Crippen LogP contribution in [0.25, 0.3) is 0 Å². The molecule has 0 unspecified atom stereocenters. The molecule has 110 valence electrons. The SMILES string of the molecule is COc1ccc([N+](=O)[O-])c(Oc2ccc(C)cc2OC)c1. The number of ether oxygens (including phenoxy) is 3. The van der Waals surface area contributed by atoms with Crippen LogP contribution in [0, 0.1) is 17.0 Å². The monoisotopic (exact) mass is 289 g/mol. The summed E-state index contributed by atoms with van der Waals surface area (Å²) in [5, 5.41) is 11.1. The number of aryl methyl sites for hydroxylation is 1. The predicted octanol–water partition coefficient (Wildman–Crippen LogP) is 3.71. The molecule has 0 saturated carbocycles. The van der Waals surface area contributed by atoms with Crippen LogP contribution in [-0.4, -0.2) is 19.1 Å². The zero-order chi connectivity index (χ0) is 15.4. The summed E-state index contributed by atoms with van der Waals surface area (Å²) >= 11 is 0. The van der Waals surface area contributed by atoms with E-state index < -0.39 is 4.92 Å². The van der Waals surface area contributed by atoms with E-state index in [1.165, 1.54) is 32.4 Å². The van der Waals surface area contributed by atoms with Gasteiger partial charge in [-0.1, -0.05) is 6.07 Å². The van der Waals surface area contributed by atoms with E-state index in [2.05, 4.69) is 0 Å². The summed E-state index contributed by atoms with van der Waals surface area (Å²) in [6, 6.07) is 9.66. The van der Waals surface area contributed by atoms with Crippen LogP contribution in [0.3, 0.4) is 0 Å². The van der Waals surface area contributed by atoms with E-state index >= 15 is 0 Å². The van der Waals surface area contributed by atoms with Gasteiger partial charge in [-0.3, -0.25) is 10.1 Å². The molecule has 0 aliphatic carbocycles. The Kier molecular flexibility index (Phi) is 4.27. The number of nitro groups is 1. The molecule has 0 heterocycles. The molecule has 0 atom stereocenters. The lowest BCUT2D eigenvalue weighted by Gasteiger charge is -2.12. The number of methoxy groups -OCH3 is 2. The van der Waals surface area contributed by atoms with Crippen molar-refractivity contribution < 1.29 is 19.1 Å². The number of hydrogen-bond acceptors (Lipinski definition) is 5. The van der Waals surface area contributed by atoms with Crippen LogP contribution < -0.4 is 14.2 Å². The van der Waals surface area contributed by atoms with Gasteiger partial charge in [-0.25, -0.2) is 0 Å². The molecular formula is C15H15NO5. The highest BCUT2D eigenvalue weighted by Crippen LogP contribution is 2.38. The Morgan fingerprint density at radius 1 is 0.952 bits per heavy atom. The second-order valence-electron chi connectivity index (χ2n) is 4.35. The minimum atomic E-state index is -0.505.